The third-order valence-electron chi connectivity index (χ3n) is 2.97. The molecule has 0 aliphatic rings. The van der Waals surface area contributed by atoms with Gasteiger partial charge in [0.2, 0.25) is 0 Å². The van der Waals surface area contributed by atoms with Crippen LogP contribution in [-0.4, -0.2) is 32.7 Å². The molecule has 0 radical (unpaired) electrons. The van der Waals surface area contributed by atoms with Gasteiger partial charge in [0, 0.05) is 35.3 Å². The third-order valence-corrected chi connectivity index (χ3v) is 2.97. The highest BCUT2D eigenvalue weighted by Crippen LogP contribution is 2.21. The lowest BCUT2D eigenvalue weighted by atomic mass is 10.2. The molecule has 5 heteroatoms. The van der Waals surface area contributed by atoms with Crippen molar-refractivity contribution < 1.29 is 5.11 Å². The molecule has 0 unspecified atom stereocenters. The monoisotopic (exact) mass is 258 g/mol. The van der Waals surface area contributed by atoms with E-state index in [1.165, 1.54) is 0 Å². The summed E-state index contributed by atoms with van der Waals surface area (Å²) < 4.78 is 0. The molecule has 0 aliphatic heterocycles. The number of pyridine rings is 1. The van der Waals surface area contributed by atoms with E-state index in [-0.39, 0.29) is 12.6 Å². The van der Waals surface area contributed by atoms with Gasteiger partial charge in [-0.15, -0.1) is 0 Å². The Morgan fingerprint density at radius 3 is 2.74 bits per heavy atom. The minimum Gasteiger partial charge on any atom is -0.394 e. The number of hydrogen-bond acceptors (Lipinski definition) is 5. The molecule has 2 aromatic heterocycles. The summed E-state index contributed by atoms with van der Waals surface area (Å²) in [7, 11) is 0. The van der Waals surface area contributed by atoms with Crippen molar-refractivity contribution in [3.8, 4) is 11.4 Å². The van der Waals surface area contributed by atoms with Gasteiger partial charge in [-0.05, 0) is 32.9 Å². The van der Waals surface area contributed by atoms with Gasteiger partial charge in [-0.2, -0.15) is 0 Å². The van der Waals surface area contributed by atoms with Crippen LogP contribution in [-0.2, 0) is 0 Å². The van der Waals surface area contributed by atoms with Gasteiger partial charge in [0.25, 0.3) is 0 Å². The van der Waals surface area contributed by atoms with Crippen molar-refractivity contribution >= 4 is 5.82 Å². The summed E-state index contributed by atoms with van der Waals surface area (Å²) in [6.07, 6.45) is 3.46. The molecule has 2 rings (SSSR count). The predicted octanol–water partition coefficient (Wildman–Crippen LogP) is 1.95. The van der Waals surface area contributed by atoms with E-state index < -0.39 is 0 Å². The van der Waals surface area contributed by atoms with Gasteiger partial charge < -0.3 is 10.4 Å². The summed E-state index contributed by atoms with van der Waals surface area (Å²) in [5, 5.41) is 12.3. The summed E-state index contributed by atoms with van der Waals surface area (Å²) in [6.45, 7) is 5.88. The van der Waals surface area contributed by atoms with Gasteiger partial charge in [-0.3, -0.25) is 4.98 Å². The number of anilines is 1. The van der Waals surface area contributed by atoms with Crippen LogP contribution in [0.4, 0.5) is 5.82 Å². The Labute approximate surface area is 112 Å². The average molecular weight is 258 g/mol. The molecule has 0 aliphatic carbocycles. The predicted molar refractivity (Wildman–Crippen MR) is 74.9 cm³/mol. The Bertz CT molecular complexity index is 557. The zero-order valence-electron chi connectivity index (χ0n) is 11.4. The van der Waals surface area contributed by atoms with Gasteiger partial charge in [0.15, 0.2) is 5.82 Å². The zero-order valence-corrected chi connectivity index (χ0v) is 11.4. The molecule has 0 fully saturated rings. The molecule has 0 spiro atoms. The van der Waals surface area contributed by atoms with Crippen LogP contribution >= 0.6 is 0 Å². The first-order valence-electron chi connectivity index (χ1n) is 6.25. The van der Waals surface area contributed by atoms with Crippen molar-refractivity contribution in [2.24, 2.45) is 0 Å². The molecule has 100 valence electrons. The van der Waals surface area contributed by atoms with Crippen molar-refractivity contribution in [1.82, 2.24) is 15.0 Å². The van der Waals surface area contributed by atoms with Crippen molar-refractivity contribution in [3.63, 3.8) is 0 Å². The average Bonchev–Trinajstić information content (AvgIpc) is 2.44. The molecule has 0 saturated heterocycles. The number of rotatable bonds is 4. The van der Waals surface area contributed by atoms with E-state index in [0.29, 0.717) is 5.82 Å². The van der Waals surface area contributed by atoms with E-state index >= 15 is 0 Å². The second kappa shape index (κ2) is 5.75. The summed E-state index contributed by atoms with van der Waals surface area (Å²) >= 11 is 0. The summed E-state index contributed by atoms with van der Waals surface area (Å²) in [5.74, 6) is 1.40. The van der Waals surface area contributed by atoms with E-state index in [9.17, 15) is 0 Å². The van der Waals surface area contributed by atoms with Crippen molar-refractivity contribution in [3.05, 3.63) is 35.8 Å². The number of nitrogens with zero attached hydrogens (tertiary/aromatic N) is 3. The Kier molecular flexibility index (Phi) is 4.06. The molecular weight excluding hydrogens is 240 g/mol. The number of nitrogens with one attached hydrogen (secondary N) is 1. The van der Waals surface area contributed by atoms with Crippen LogP contribution in [0.1, 0.15) is 18.2 Å². The first kappa shape index (κ1) is 13.4. The number of aromatic nitrogens is 3. The van der Waals surface area contributed by atoms with E-state index in [2.05, 4.69) is 20.3 Å². The fourth-order valence-corrected chi connectivity index (χ4v) is 1.67. The summed E-state index contributed by atoms with van der Waals surface area (Å²) in [5.41, 5.74) is 2.79. The molecular formula is C14H18N4O. The van der Waals surface area contributed by atoms with Crippen LogP contribution in [0, 0.1) is 13.8 Å². The normalized spacial score (nSPS) is 12.2. The van der Waals surface area contributed by atoms with Gasteiger partial charge in [-0.1, -0.05) is 0 Å². The molecule has 19 heavy (non-hydrogen) atoms. The number of aliphatic hydroxyl groups excluding tert-OH is 1. The van der Waals surface area contributed by atoms with E-state index in [4.69, 9.17) is 5.11 Å². The van der Waals surface area contributed by atoms with Crippen molar-refractivity contribution in [2.75, 3.05) is 11.9 Å². The Morgan fingerprint density at radius 2 is 2.11 bits per heavy atom. The first-order valence-corrected chi connectivity index (χ1v) is 6.25. The van der Waals surface area contributed by atoms with Crippen molar-refractivity contribution in [2.45, 2.75) is 26.8 Å². The fraction of sp³-hybridized carbons (Fsp3) is 0.357. The first-order chi connectivity index (χ1) is 9.11. The number of hydrogen-bond donors (Lipinski definition) is 2. The Hall–Kier alpha value is -2.01. The minimum absolute atomic E-state index is 0.0465. The molecule has 5 nitrogen and oxygen atoms in total. The van der Waals surface area contributed by atoms with Gasteiger partial charge >= 0.3 is 0 Å². The maximum absolute atomic E-state index is 9.13. The molecule has 0 saturated carbocycles. The Balaban J connectivity index is 2.42. The topological polar surface area (TPSA) is 70.9 Å². The van der Waals surface area contributed by atoms with Gasteiger partial charge in [0.05, 0.1) is 6.61 Å². The highest BCUT2D eigenvalue weighted by Gasteiger charge is 2.11. The van der Waals surface area contributed by atoms with Gasteiger partial charge in [-0.25, -0.2) is 9.97 Å². The lowest BCUT2D eigenvalue weighted by molar-refractivity contribution is 0.281. The standard InChI is InChI=1S/C14H18N4O/c1-9(8-19)16-13-10(2)11(3)17-14(18-13)12-5-4-6-15-7-12/h4-7,9,19H,8H2,1-3H3,(H,16,17,18)/t9-/m0/s1. The summed E-state index contributed by atoms with van der Waals surface area (Å²) in [4.78, 5) is 13.1. The molecule has 2 heterocycles. The smallest absolute Gasteiger partial charge is 0.163 e. The van der Waals surface area contributed by atoms with Crippen LogP contribution in [0.2, 0.25) is 0 Å². The van der Waals surface area contributed by atoms with Crippen LogP contribution in [0.15, 0.2) is 24.5 Å². The van der Waals surface area contributed by atoms with Crippen LogP contribution in [0.5, 0.6) is 0 Å². The summed E-state index contributed by atoms with van der Waals surface area (Å²) in [6, 6.07) is 3.74. The second-order valence-corrected chi connectivity index (χ2v) is 4.58. The second-order valence-electron chi connectivity index (χ2n) is 4.58. The van der Waals surface area contributed by atoms with Crippen LogP contribution in [0.25, 0.3) is 11.4 Å². The zero-order chi connectivity index (χ0) is 13.8. The van der Waals surface area contributed by atoms with E-state index in [1.807, 2.05) is 32.9 Å². The molecule has 1 atom stereocenters. The lowest BCUT2D eigenvalue weighted by Gasteiger charge is -2.15. The number of aliphatic hydroxyl groups is 1. The van der Waals surface area contributed by atoms with Gasteiger partial charge in [0.1, 0.15) is 5.82 Å². The SMILES string of the molecule is Cc1nc(-c2cccnc2)nc(N[C@@H](C)CO)c1C. The molecule has 0 aromatic carbocycles. The largest absolute Gasteiger partial charge is 0.394 e. The van der Waals surface area contributed by atoms with E-state index in [0.717, 1.165) is 22.6 Å². The third kappa shape index (κ3) is 3.06. The highest BCUT2D eigenvalue weighted by atomic mass is 16.3. The minimum atomic E-state index is -0.0465. The maximum atomic E-state index is 9.13. The highest BCUT2D eigenvalue weighted by molar-refractivity contribution is 5.58. The van der Waals surface area contributed by atoms with Crippen LogP contribution < -0.4 is 5.32 Å². The van der Waals surface area contributed by atoms with Crippen LogP contribution in [0.3, 0.4) is 0 Å². The molecule has 2 aromatic rings. The molecule has 0 bridgehead atoms. The quantitative estimate of drug-likeness (QED) is 0.877. The Morgan fingerprint density at radius 1 is 1.32 bits per heavy atom. The lowest BCUT2D eigenvalue weighted by Crippen LogP contribution is -2.21. The van der Waals surface area contributed by atoms with E-state index in [1.54, 1.807) is 12.4 Å². The number of aryl methyl sites for hydroxylation is 1. The maximum Gasteiger partial charge on any atom is 0.163 e. The van der Waals surface area contributed by atoms with Crippen molar-refractivity contribution in [1.29, 1.82) is 0 Å². The fourth-order valence-electron chi connectivity index (χ4n) is 1.67. The molecule has 0 amide bonds. The molecule has 2 N–H and O–H groups in total.